The molecule has 3 aromatic rings. The molecule has 0 bridgehead atoms. The zero-order chi connectivity index (χ0) is 13.9. The van der Waals surface area contributed by atoms with E-state index in [1.807, 2.05) is 19.2 Å². The van der Waals surface area contributed by atoms with E-state index in [1.54, 1.807) is 23.1 Å². The highest BCUT2D eigenvalue weighted by atomic mass is 32.2. The third kappa shape index (κ3) is 3.15. The number of aromatic nitrogens is 2. The first-order valence-corrected chi connectivity index (χ1v) is 8.25. The van der Waals surface area contributed by atoms with Gasteiger partial charge >= 0.3 is 0 Å². The van der Waals surface area contributed by atoms with Crippen molar-refractivity contribution in [3.05, 3.63) is 46.5 Å². The van der Waals surface area contributed by atoms with Crippen LogP contribution in [0.15, 0.2) is 35.8 Å². The van der Waals surface area contributed by atoms with E-state index in [0.717, 1.165) is 27.7 Å². The predicted octanol–water partition coefficient (Wildman–Crippen LogP) is 3.52. The van der Waals surface area contributed by atoms with Gasteiger partial charge in [-0.05, 0) is 31.2 Å². The van der Waals surface area contributed by atoms with Crippen LogP contribution in [0.5, 0.6) is 0 Å². The van der Waals surface area contributed by atoms with Crippen molar-refractivity contribution in [2.75, 3.05) is 5.32 Å². The Kier molecular flexibility index (Phi) is 3.95. The molecule has 2 aromatic heterocycles. The molecule has 2 heterocycles. The number of nitrogens with one attached hydrogen (secondary N) is 2. The maximum Gasteiger partial charge on any atom is 0.123 e. The zero-order valence-corrected chi connectivity index (χ0v) is 12.7. The lowest BCUT2D eigenvalue weighted by Gasteiger charge is -2.14. The Bertz CT molecular complexity index is 704. The Balaban J connectivity index is 1.58. The van der Waals surface area contributed by atoms with Gasteiger partial charge in [0.05, 0.1) is 10.7 Å². The molecule has 1 unspecified atom stereocenters. The maximum absolute atomic E-state index is 6.10. The van der Waals surface area contributed by atoms with Crippen LogP contribution in [0, 0.1) is 6.92 Å². The van der Waals surface area contributed by atoms with Crippen LogP contribution in [0.1, 0.15) is 10.7 Å². The monoisotopic (exact) mass is 304 g/mol. The number of benzene rings is 1. The van der Waals surface area contributed by atoms with Crippen molar-refractivity contribution < 1.29 is 0 Å². The second-order valence-corrected chi connectivity index (χ2v) is 6.71. The van der Waals surface area contributed by atoms with E-state index < -0.39 is 0 Å². The first kappa shape index (κ1) is 13.5. The van der Waals surface area contributed by atoms with Crippen molar-refractivity contribution >= 4 is 39.7 Å². The molecule has 0 aliphatic rings. The van der Waals surface area contributed by atoms with Gasteiger partial charge in [-0.2, -0.15) is 0 Å². The van der Waals surface area contributed by atoms with E-state index >= 15 is 0 Å². The van der Waals surface area contributed by atoms with Crippen molar-refractivity contribution in [3.8, 4) is 0 Å². The van der Waals surface area contributed by atoms with E-state index in [0.29, 0.717) is 0 Å². The Morgan fingerprint density at radius 2 is 2.35 bits per heavy atom. The van der Waals surface area contributed by atoms with Gasteiger partial charge in [-0.1, -0.05) is 0 Å². The molecule has 1 aromatic carbocycles. The van der Waals surface area contributed by atoms with Gasteiger partial charge in [0.25, 0.3) is 0 Å². The second kappa shape index (κ2) is 5.87. The molecule has 6 heteroatoms. The summed E-state index contributed by atoms with van der Waals surface area (Å²) in [4.78, 5) is 7.61. The number of nitrogens with two attached hydrogens (primary N) is 1. The number of nitrogens with zero attached hydrogens (tertiary/aromatic N) is 1. The molecule has 0 saturated heterocycles. The molecular formula is C14H16N4S2. The number of H-pyrrole nitrogens is 1. The molecule has 0 aliphatic heterocycles. The number of aryl methyl sites for hydroxylation is 1. The fourth-order valence-electron chi connectivity index (χ4n) is 2.00. The number of hydrogen-bond donors (Lipinski definition) is 3. The summed E-state index contributed by atoms with van der Waals surface area (Å²) in [5.74, 6) is 0.824. The van der Waals surface area contributed by atoms with Gasteiger partial charge in [0.2, 0.25) is 0 Å². The average Bonchev–Trinajstić information content (AvgIpc) is 3.04. The number of anilines is 1. The smallest absolute Gasteiger partial charge is 0.123 e. The summed E-state index contributed by atoms with van der Waals surface area (Å²) in [6.07, 6.45) is 1.94. The summed E-state index contributed by atoms with van der Waals surface area (Å²) in [7, 11) is 0. The molecule has 0 aliphatic carbocycles. The molecule has 3 rings (SSSR count). The molecule has 4 nitrogen and oxygen atoms in total. The lowest BCUT2D eigenvalue weighted by atomic mass is 10.2. The molecular weight excluding hydrogens is 288 g/mol. The Hall–Kier alpha value is -1.50. The summed E-state index contributed by atoms with van der Waals surface area (Å²) in [6.45, 7) is 2.02. The van der Waals surface area contributed by atoms with E-state index in [1.165, 1.54) is 5.39 Å². The summed E-state index contributed by atoms with van der Waals surface area (Å²) in [5.41, 5.74) is 9.22. The quantitative estimate of drug-likeness (QED) is 0.631. The van der Waals surface area contributed by atoms with E-state index in [2.05, 4.69) is 38.9 Å². The van der Waals surface area contributed by atoms with Crippen LogP contribution in [-0.2, 0) is 5.75 Å². The average molecular weight is 304 g/mol. The normalized spacial score (nSPS) is 12.7. The van der Waals surface area contributed by atoms with Crippen LogP contribution < -0.4 is 11.1 Å². The van der Waals surface area contributed by atoms with Gasteiger partial charge in [-0.15, -0.1) is 23.1 Å². The lowest BCUT2D eigenvalue weighted by molar-refractivity contribution is 1.05. The van der Waals surface area contributed by atoms with E-state index in [-0.39, 0.29) is 5.50 Å². The van der Waals surface area contributed by atoms with Crippen LogP contribution in [0.3, 0.4) is 0 Å². The minimum Gasteiger partial charge on any atom is -0.361 e. The number of thiazole rings is 1. The predicted molar refractivity (Wildman–Crippen MR) is 88.0 cm³/mol. The number of thioether (sulfide) groups is 1. The first-order chi connectivity index (χ1) is 9.70. The van der Waals surface area contributed by atoms with Crippen molar-refractivity contribution in [1.82, 2.24) is 9.97 Å². The summed E-state index contributed by atoms with van der Waals surface area (Å²) in [5, 5.41) is 7.67. The molecule has 0 saturated carbocycles. The third-order valence-corrected chi connectivity index (χ3v) is 4.70. The fourth-order valence-corrected chi connectivity index (χ4v) is 3.43. The largest absolute Gasteiger partial charge is 0.361 e. The first-order valence-electron chi connectivity index (χ1n) is 6.32. The fraction of sp³-hybridized carbons (Fsp3) is 0.214. The Morgan fingerprint density at radius 3 is 3.15 bits per heavy atom. The number of rotatable bonds is 5. The summed E-state index contributed by atoms with van der Waals surface area (Å²) >= 11 is 3.32. The molecule has 0 radical (unpaired) electrons. The van der Waals surface area contributed by atoms with Gasteiger partial charge in [0, 0.05) is 33.9 Å². The minimum absolute atomic E-state index is 0.145. The highest BCUT2D eigenvalue weighted by Crippen LogP contribution is 2.21. The molecule has 4 N–H and O–H groups in total. The van der Waals surface area contributed by atoms with Crippen LogP contribution in [0.25, 0.3) is 10.9 Å². The molecule has 20 heavy (non-hydrogen) atoms. The van der Waals surface area contributed by atoms with Gasteiger partial charge in [0.1, 0.15) is 5.50 Å². The molecule has 1 atom stereocenters. The van der Waals surface area contributed by atoms with Crippen molar-refractivity contribution in [2.45, 2.75) is 18.2 Å². The SMILES string of the molecule is Cc1nc(CSC(N)Nc2ccc3[nH]ccc3c2)cs1. The number of aromatic amines is 1. The van der Waals surface area contributed by atoms with Crippen LogP contribution >= 0.6 is 23.1 Å². The topological polar surface area (TPSA) is 66.7 Å². The van der Waals surface area contributed by atoms with E-state index in [9.17, 15) is 0 Å². The van der Waals surface area contributed by atoms with E-state index in [4.69, 9.17) is 5.73 Å². The van der Waals surface area contributed by atoms with Gasteiger partial charge in [-0.3, -0.25) is 0 Å². The zero-order valence-electron chi connectivity index (χ0n) is 11.1. The summed E-state index contributed by atoms with van der Waals surface area (Å²) in [6, 6.07) is 8.24. The highest BCUT2D eigenvalue weighted by molar-refractivity contribution is 7.99. The Labute approximate surface area is 125 Å². The van der Waals surface area contributed by atoms with Crippen molar-refractivity contribution in [2.24, 2.45) is 5.73 Å². The molecule has 104 valence electrons. The van der Waals surface area contributed by atoms with Crippen molar-refractivity contribution in [3.63, 3.8) is 0 Å². The standard InChI is InChI=1S/C14H16N4S2/c1-9-17-12(7-19-9)8-20-14(15)18-11-2-3-13-10(6-11)4-5-16-13/h2-7,14,16,18H,8,15H2,1H3. The maximum atomic E-state index is 6.10. The lowest BCUT2D eigenvalue weighted by Crippen LogP contribution is -2.25. The molecule has 0 fully saturated rings. The van der Waals surface area contributed by atoms with Gasteiger partial charge in [0.15, 0.2) is 0 Å². The molecule has 0 amide bonds. The second-order valence-electron chi connectivity index (χ2n) is 4.51. The third-order valence-electron chi connectivity index (χ3n) is 2.94. The molecule has 0 spiro atoms. The minimum atomic E-state index is -0.145. The van der Waals surface area contributed by atoms with Crippen LogP contribution in [0.2, 0.25) is 0 Å². The van der Waals surface area contributed by atoms with Crippen molar-refractivity contribution in [1.29, 1.82) is 0 Å². The van der Waals surface area contributed by atoms with Gasteiger partial charge in [-0.25, -0.2) is 4.98 Å². The Morgan fingerprint density at radius 1 is 1.45 bits per heavy atom. The summed E-state index contributed by atoms with van der Waals surface area (Å²) < 4.78 is 0. The van der Waals surface area contributed by atoms with Crippen LogP contribution in [0.4, 0.5) is 5.69 Å². The van der Waals surface area contributed by atoms with Gasteiger partial charge < -0.3 is 16.0 Å². The van der Waals surface area contributed by atoms with Crippen LogP contribution in [-0.4, -0.2) is 15.5 Å². The highest BCUT2D eigenvalue weighted by Gasteiger charge is 2.06. The number of fused-ring (bicyclic) bond motifs is 1. The number of hydrogen-bond acceptors (Lipinski definition) is 5.